The number of carbonyl (C=O) groups excluding carboxylic acids is 2. The summed E-state index contributed by atoms with van der Waals surface area (Å²) in [7, 11) is 1.53. The molecule has 170 valence electrons. The van der Waals surface area contributed by atoms with Crippen molar-refractivity contribution in [1.29, 1.82) is 0 Å². The van der Waals surface area contributed by atoms with Crippen LogP contribution in [0.4, 0.5) is 0 Å². The van der Waals surface area contributed by atoms with Gasteiger partial charge in [-0.15, -0.1) is 0 Å². The second-order valence-corrected chi connectivity index (χ2v) is 8.67. The maximum atomic E-state index is 12.9. The Morgan fingerprint density at radius 3 is 2.30 bits per heavy atom. The van der Waals surface area contributed by atoms with Crippen molar-refractivity contribution in [2.75, 3.05) is 26.7 Å². The molecule has 2 amide bonds. The minimum atomic E-state index is -0.202. The Morgan fingerprint density at radius 1 is 0.970 bits per heavy atom. The molecule has 6 heteroatoms. The fourth-order valence-corrected chi connectivity index (χ4v) is 4.32. The van der Waals surface area contributed by atoms with E-state index in [1.807, 2.05) is 47.4 Å². The molecule has 1 aliphatic heterocycles. The normalized spacial score (nSPS) is 14.1. The molecule has 33 heavy (non-hydrogen) atoms. The molecule has 1 saturated heterocycles. The third-order valence-electron chi connectivity index (χ3n) is 6.10. The predicted molar refractivity (Wildman–Crippen MR) is 131 cm³/mol. The number of methoxy groups -OCH3 is 1. The van der Waals surface area contributed by atoms with Gasteiger partial charge in [0.15, 0.2) is 0 Å². The van der Waals surface area contributed by atoms with Crippen molar-refractivity contribution in [2.45, 2.75) is 12.8 Å². The molecule has 0 aromatic heterocycles. The lowest BCUT2D eigenvalue weighted by Crippen LogP contribution is -2.41. The highest BCUT2D eigenvalue weighted by Gasteiger charge is 2.24. The van der Waals surface area contributed by atoms with E-state index in [9.17, 15) is 9.59 Å². The summed E-state index contributed by atoms with van der Waals surface area (Å²) in [5.74, 6) is 0.673. The minimum Gasteiger partial charge on any atom is -0.496 e. The number of hydrogen-bond donors (Lipinski definition) is 1. The van der Waals surface area contributed by atoms with Crippen molar-refractivity contribution in [3.63, 3.8) is 0 Å². The molecule has 0 spiro atoms. The second-order valence-electron chi connectivity index (χ2n) is 8.23. The molecule has 0 unspecified atom stereocenters. The number of nitrogens with one attached hydrogen (secondary N) is 1. The van der Waals surface area contributed by atoms with Crippen LogP contribution in [0, 0.1) is 5.92 Å². The number of nitrogens with zero attached hydrogens (tertiary/aromatic N) is 1. The van der Waals surface area contributed by atoms with Crippen molar-refractivity contribution < 1.29 is 14.3 Å². The van der Waals surface area contributed by atoms with Crippen LogP contribution < -0.4 is 10.1 Å². The number of likely N-dealkylation sites (tertiary alicyclic amines) is 1. The number of hydrogen-bond acceptors (Lipinski definition) is 3. The summed E-state index contributed by atoms with van der Waals surface area (Å²) < 4.78 is 5.26. The third-order valence-corrected chi connectivity index (χ3v) is 6.33. The minimum absolute atomic E-state index is 0.0563. The SMILES string of the molecule is COc1ccc(Cl)cc1C(=O)NCC1CCN(C(=O)c2ccc(-c3ccccc3)cc2)CC1. The van der Waals surface area contributed by atoms with Gasteiger partial charge in [-0.3, -0.25) is 9.59 Å². The van der Waals surface area contributed by atoms with Crippen LogP contribution in [0.2, 0.25) is 5.02 Å². The lowest BCUT2D eigenvalue weighted by molar-refractivity contribution is 0.0684. The standard InChI is InChI=1S/C27H27ClN2O3/c1-33-25-12-11-23(28)17-24(25)26(31)29-18-19-13-15-30(16-14-19)27(32)22-9-7-21(8-10-22)20-5-3-2-4-6-20/h2-12,17,19H,13-16,18H2,1H3,(H,29,31). The van der Waals surface area contributed by atoms with Crippen molar-refractivity contribution in [1.82, 2.24) is 10.2 Å². The lowest BCUT2D eigenvalue weighted by Gasteiger charge is -2.32. The molecule has 1 fully saturated rings. The molecular formula is C27H27ClN2O3. The van der Waals surface area contributed by atoms with Crippen LogP contribution in [0.1, 0.15) is 33.6 Å². The highest BCUT2D eigenvalue weighted by Crippen LogP contribution is 2.24. The zero-order chi connectivity index (χ0) is 23.2. The highest BCUT2D eigenvalue weighted by atomic mass is 35.5. The Hall–Kier alpha value is -3.31. The molecule has 4 rings (SSSR count). The van der Waals surface area contributed by atoms with Crippen LogP contribution in [0.15, 0.2) is 72.8 Å². The fourth-order valence-electron chi connectivity index (χ4n) is 4.15. The van der Waals surface area contributed by atoms with Gasteiger partial charge in [-0.05, 0) is 60.2 Å². The van der Waals surface area contributed by atoms with Crippen LogP contribution in [0.3, 0.4) is 0 Å². The van der Waals surface area contributed by atoms with Crippen LogP contribution in [0.5, 0.6) is 5.75 Å². The van der Waals surface area contributed by atoms with E-state index in [0.29, 0.717) is 47.5 Å². The van der Waals surface area contributed by atoms with Gasteiger partial charge in [0.25, 0.3) is 11.8 Å². The van der Waals surface area contributed by atoms with Crippen LogP contribution >= 0.6 is 11.6 Å². The molecular weight excluding hydrogens is 436 g/mol. The van der Waals surface area contributed by atoms with E-state index in [1.54, 1.807) is 18.2 Å². The van der Waals surface area contributed by atoms with Gasteiger partial charge in [0.1, 0.15) is 5.75 Å². The number of carbonyl (C=O) groups is 2. The first-order valence-electron chi connectivity index (χ1n) is 11.1. The first kappa shape index (κ1) is 22.9. The van der Waals surface area contributed by atoms with Crippen LogP contribution in [-0.4, -0.2) is 43.5 Å². The quantitative estimate of drug-likeness (QED) is 0.541. The second kappa shape index (κ2) is 10.5. The predicted octanol–water partition coefficient (Wildman–Crippen LogP) is 5.30. The van der Waals surface area contributed by atoms with Gasteiger partial charge in [0.2, 0.25) is 0 Å². The zero-order valence-corrected chi connectivity index (χ0v) is 19.3. The van der Waals surface area contributed by atoms with E-state index in [0.717, 1.165) is 24.0 Å². The number of piperidine rings is 1. The summed E-state index contributed by atoms with van der Waals surface area (Å²) in [6.45, 7) is 1.92. The van der Waals surface area contributed by atoms with Crippen molar-refractivity contribution >= 4 is 23.4 Å². The van der Waals surface area contributed by atoms with Crippen LogP contribution in [0.25, 0.3) is 11.1 Å². The summed E-state index contributed by atoms with van der Waals surface area (Å²) >= 11 is 6.03. The van der Waals surface area contributed by atoms with E-state index in [1.165, 1.54) is 7.11 Å². The number of halogens is 1. The maximum Gasteiger partial charge on any atom is 0.255 e. The van der Waals surface area contributed by atoms with E-state index >= 15 is 0 Å². The average Bonchev–Trinajstić information content (AvgIpc) is 2.87. The van der Waals surface area contributed by atoms with E-state index < -0.39 is 0 Å². The van der Waals surface area contributed by atoms with Crippen molar-refractivity contribution in [2.24, 2.45) is 5.92 Å². The summed E-state index contributed by atoms with van der Waals surface area (Å²) in [6.07, 6.45) is 1.70. The summed E-state index contributed by atoms with van der Waals surface area (Å²) in [6, 6.07) is 22.9. The van der Waals surface area contributed by atoms with Crippen molar-refractivity contribution in [3.8, 4) is 16.9 Å². The van der Waals surface area contributed by atoms with Crippen LogP contribution in [-0.2, 0) is 0 Å². The first-order chi connectivity index (χ1) is 16.0. The molecule has 0 radical (unpaired) electrons. The maximum absolute atomic E-state index is 12.9. The number of rotatable bonds is 6. The summed E-state index contributed by atoms with van der Waals surface area (Å²) in [5.41, 5.74) is 3.36. The molecule has 5 nitrogen and oxygen atoms in total. The van der Waals surface area contributed by atoms with Gasteiger partial charge in [-0.1, -0.05) is 54.1 Å². The van der Waals surface area contributed by atoms with Gasteiger partial charge in [0.05, 0.1) is 12.7 Å². The molecule has 1 aliphatic rings. The van der Waals surface area contributed by atoms with E-state index in [-0.39, 0.29) is 11.8 Å². The zero-order valence-electron chi connectivity index (χ0n) is 18.6. The number of ether oxygens (including phenoxy) is 1. The molecule has 1 N–H and O–H groups in total. The monoisotopic (exact) mass is 462 g/mol. The molecule has 0 aliphatic carbocycles. The van der Waals surface area contributed by atoms with E-state index in [4.69, 9.17) is 16.3 Å². The van der Waals surface area contributed by atoms with Gasteiger partial charge < -0.3 is 15.0 Å². The van der Waals surface area contributed by atoms with E-state index in [2.05, 4.69) is 17.4 Å². The fraction of sp³-hybridized carbons (Fsp3) is 0.259. The van der Waals surface area contributed by atoms with Gasteiger partial charge in [-0.25, -0.2) is 0 Å². The average molecular weight is 463 g/mol. The molecule has 0 saturated carbocycles. The third kappa shape index (κ3) is 5.55. The Bertz CT molecular complexity index is 1110. The first-order valence-corrected chi connectivity index (χ1v) is 11.5. The Labute approximate surface area is 199 Å². The van der Waals surface area contributed by atoms with Gasteiger partial charge >= 0.3 is 0 Å². The summed E-state index contributed by atoms with van der Waals surface area (Å²) in [4.78, 5) is 27.4. The highest BCUT2D eigenvalue weighted by molar-refractivity contribution is 6.31. The molecule has 0 bridgehead atoms. The number of benzene rings is 3. The Kier molecular flexibility index (Phi) is 7.30. The Balaban J connectivity index is 1.29. The topological polar surface area (TPSA) is 58.6 Å². The largest absolute Gasteiger partial charge is 0.496 e. The summed E-state index contributed by atoms with van der Waals surface area (Å²) in [5, 5.41) is 3.48. The molecule has 0 atom stereocenters. The molecule has 3 aromatic rings. The Morgan fingerprint density at radius 2 is 1.64 bits per heavy atom. The van der Waals surface area contributed by atoms with Gasteiger partial charge in [0, 0.05) is 30.2 Å². The molecule has 3 aromatic carbocycles. The number of amides is 2. The van der Waals surface area contributed by atoms with Gasteiger partial charge in [-0.2, -0.15) is 0 Å². The molecule has 1 heterocycles. The van der Waals surface area contributed by atoms with Crippen molar-refractivity contribution in [3.05, 3.63) is 88.9 Å². The lowest BCUT2D eigenvalue weighted by atomic mass is 9.96. The smallest absolute Gasteiger partial charge is 0.255 e.